The summed E-state index contributed by atoms with van der Waals surface area (Å²) in [5.74, 6) is 0. The molecule has 1 saturated heterocycles. The van der Waals surface area contributed by atoms with Crippen LogP contribution in [0.25, 0.3) is 0 Å². The minimum Gasteiger partial charge on any atom is -0.416 e. The van der Waals surface area contributed by atoms with Crippen LogP contribution in [0.1, 0.15) is 13.8 Å². The molecule has 0 N–H and O–H groups in total. The van der Waals surface area contributed by atoms with E-state index in [0.717, 1.165) is 0 Å². The number of rotatable bonds is 2. The van der Waals surface area contributed by atoms with Crippen molar-refractivity contribution in [3.63, 3.8) is 0 Å². The number of hydrogen-bond donors (Lipinski definition) is 0. The summed E-state index contributed by atoms with van der Waals surface area (Å²) < 4.78 is 6.81. The van der Waals surface area contributed by atoms with E-state index in [4.69, 9.17) is 4.43 Å². The Labute approximate surface area is 149 Å². The highest BCUT2D eigenvalue weighted by atomic mass is 29.6. The lowest BCUT2D eigenvalue weighted by atomic mass is 10.2. The molecule has 1 nitrogen and oxygen atoms in total. The average Bonchev–Trinajstić information content (AvgIpc) is 2.52. The zero-order valence-electron chi connectivity index (χ0n) is 15.9. The van der Waals surface area contributed by atoms with Crippen molar-refractivity contribution in [3.8, 4) is 0 Å². The molecule has 2 aromatic carbocycles. The Morgan fingerprint density at radius 3 is 1.58 bits per heavy atom. The molecule has 1 heterocycles. The first-order valence-electron chi connectivity index (χ1n) is 8.94. The van der Waals surface area contributed by atoms with E-state index in [0.29, 0.717) is 0 Å². The summed E-state index contributed by atoms with van der Waals surface area (Å²) in [6, 6.07) is 24.0. The van der Waals surface area contributed by atoms with Crippen LogP contribution in [0.2, 0.25) is 32.2 Å². The molecule has 1 aliphatic heterocycles. The molecule has 0 aliphatic carbocycles. The third kappa shape index (κ3) is 2.60. The van der Waals surface area contributed by atoms with Crippen molar-refractivity contribution >= 4 is 32.9 Å². The predicted octanol–water partition coefficient (Wildman–Crippen LogP) is 4.13. The minimum atomic E-state index is -1.86. The number of benzene rings is 2. The van der Waals surface area contributed by atoms with Gasteiger partial charge < -0.3 is 4.43 Å². The highest BCUT2D eigenvalue weighted by Crippen LogP contribution is 2.43. The normalized spacial score (nSPS) is 23.6. The molecule has 0 atom stereocenters. The number of hydrogen-bond acceptors (Lipinski definition) is 1. The Bertz CT molecular complexity index is 669. The van der Waals surface area contributed by atoms with Crippen LogP contribution in [-0.2, 0) is 4.43 Å². The molecule has 0 aromatic heterocycles. The second kappa shape index (κ2) is 5.80. The van der Waals surface area contributed by atoms with Gasteiger partial charge >= 0.3 is 0 Å². The van der Waals surface area contributed by atoms with Crippen LogP contribution in [0.5, 0.6) is 0 Å². The lowest BCUT2D eigenvalue weighted by Crippen LogP contribution is -2.87. The Morgan fingerprint density at radius 2 is 1.17 bits per heavy atom. The van der Waals surface area contributed by atoms with Crippen LogP contribution in [0.4, 0.5) is 0 Å². The van der Waals surface area contributed by atoms with Crippen molar-refractivity contribution in [2.24, 2.45) is 0 Å². The molecule has 0 spiro atoms. The van der Waals surface area contributed by atoms with Gasteiger partial charge in [0.05, 0.1) is 7.11 Å². The lowest BCUT2D eigenvalue weighted by molar-refractivity contribution is 0.123. The van der Waals surface area contributed by atoms with Crippen molar-refractivity contribution in [3.05, 3.63) is 60.7 Å². The van der Waals surface area contributed by atoms with E-state index in [9.17, 15) is 0 Å². The van der Waals surface area contributed by atoms with Crippen LogP contribution in [-0.4, -0.2) is 28.1 Å². The summed E-state index contributed by atoms with van der Waals surface area (Å²) in [7, 11) is -5.22. The molecule has 0 amide bonds. The summed E-state index contributed by atoms with van der Waals surface area (Å²) in [4.78, 5) is 0. The minimum absolute atomic E-state index is 0.0316. The Morgan fingerprint density at radius 1 is 0.750 bits per heavy atom. The summed E-state index contributed by atoms with van der Waals surface area (Å²) in [5.41, 5.74) is -0.0316. The van der Waals surface area contributed by atoms with E-state index < -0.39 is 22.5 Å². The molecule has 0 saturated carbocycles. The summed E-state index contributed by atoms with van der Waals surface area (Å²) in [5, 5.41) is 3.23. The van der Waals surface area contributed by atoms with Gasteiger partial charge in [-0.2, -0.15) is 0 Å². The van der Waals surface area contributed by atoms with E-state index >= 15 is 0 Å². The van der Waals surface area contributed by atoms with Gasteiger partial charge in [-0.05, 0) is 33.0 Å². The van der Waals surface area contributed by atoms with Gasteiger partial charge in [0.2, 0.25) is 0 Å². The van der Waals surface area contributed by atoms with E-state index in [1.54, 1.807) is 10.4 Å². The van der Waals surface area contributed by atoms with Gasteiger partial charge in [0.1, 0.15) is 7.59 Å². The van der Waals surface area contributed by atoms with Gasteiger partial charge in [0.15, 0.2) is 7.83 Å². The fraction of sp³-hybridized carbons (Fsp3) is 0.400. The first kappa shape index (κ1) is 17.9. The molecule has 4 heteroatoms. The van der Waals surface area contributed by atoms with Crippen LogP contribution in [0.15, 0.2) is 60.7 Å². The highest BCUT2D eigenvalue weighted by molar-refractivity contribution is 7.73. The van der Waals surface area contributed by atoms with E-state index in [1.807, 2.05) is 0 Å². The molecule has 1 aliphatic rings. The standard InChI is InChI=1S/C20H30OSi3/c1-20(2)17-24(18-13-9-7-10-14-18,19-15-11-8-12-16-19)23(5,6)22(3,4)21-20/h7-16H,17H2,1-6H3. The molecule has 24 heavy (non-hydrogen) atoms. The SMILES string of the molecule is CC1(C)C[Si](c2ccccc2)(c2ccccc2)[Si](C)(C)[Si](C)(C)O1. The topological polar surface area (TPSA) is 9.23 Å². The third-order valence-corrected chi connectivity index (χ3v) is 43.8. The molecule has 0 bridgehead atoms. The Kier molecular flexibility index (Phi) is 4.32. The molecule has 0 unspecified atom stereocenters. The maximum Gasteiger partial charge on any atom is 0.172 e. The second-order valence-electron chi connectivity index (χ2n) is 8.81. The van der Waals surface area contributed by atoms with Crippen LogP contribution >= 0.6 is 0 Å². The van der Waals surface area contributed by atoms with Gasteiger partial charge in [-0.3, -0.25) is 0 Å². The molecular formula is C20H30OSi3. The third-order valence-electron chi connectivity index (χ3n) is 6.33. The fourth-order valence-electron chi connectivity index (χ4n) is 4.77. The zero-order chi connectivity index (χ0) is 17.6. The van der Waals surface area contributed by atoms with Crippen molar-refractivity contribution in [2.75, 3.05) is 0 Å². The molecule has 0 radical (unpaired) electrons. The largest absolute Gasteiger partial charge is 0.416 e. The Balaban J connectivity index is 2.36. The van der Waals surface area contributed by atoms with E-state index in [2.05, 4.69) is 101 Å². The highest BCUT2D eigenvalue weighted by Gasteiger charge is 2.66. The van der Waals surface area contributed by atoms with Gasteiger partial charge in [-0.25, -0.2) is 0 Å². The molecule has 1 fully saturated rings. The van der Waals surface area contributed by atoms with Crippen molar-refractivity contribution in [1.82, 2.24) is 0 Å². The maximum absolute atomic E-state index is 6.81. The average molecular weight is 371 g/mol. The van der Waals surface area contributed by atoms with Gasteiger partial charge in [-0.15, -0.1) is 0 Å². The Hall–Kier alpha value is -0.949. The van der Waals surface area contributed by atoms with Gasteiger partial charge in [0.25, 0.3) is 0 Å². The molecule has 128 valence electrons. The smallest absolute Gasteiger partial charge is 0.172 e. The van der Waals surface area contributed by atoms with Gasteiger partial charge in [0, 0.05) is 5.60 Å². The van der Waals surface area contributed by atoms with Crippen LogP contribution < -0.4 is 10.4 Å². The first-order chi connectivity index (χ1) is 11.1. The van der Waals surface area contributed by atoms with Crippen molar-refractivity contribution in [2.45, 2.75) is 51.7 Å². The monoisotopic (exact) mass is 370 g/mol. The second-order valence-corrected chi connectivity index (χ2v) is 33.8. The predicted molar refractivity (Wildman–Crippen MR) is 113 cm³/mol. The molecule has 3 rings (SSSR count). The van der Waals surface area contributed by atoms with Crippen molar-refractivity contribution < 1.29 is 4.43 Å². The summed E-state index contributed by atoms with van der Waals surface area (Å²) >= 11 is 0. The fourth-order valence-corrected chi connectivity index (χ4v) is 38.9. The van der Waals surface area contributed by atoms with Crippen LogP contribution in [0.3, 0.4) is 0 Å². The summed E-state index contributed by atoms with van der Waals surface area (Å²) in [6.45, 7) is 14.8. The van der Waals surface area contributed by atoms with Crippen molar-refractivity contribution in [1.29, 1.82) is 0 Å². The van der Waals surface area contributed by atoms with Crippen LogP contribution in [0, 0.1) is 0 Å². The van der Waals surface area contributed by atoms with E-state index in [1.165, 1.54) is 6.04 Å². The summed E-state index contributed by atoms with van der Waals surface area (Å²) in [6.07, 6.45) is 0. The quantitative estimate of drug-likeness (QED) is 0.722. The zero-order valence-corrected chi connectivity index (χ0v) is 18.9. The first-order valence-corrected chi connectivity index (χ1v) is 19.1. The maximum atomic E-state index is 6.81. The van der Waals surface area contributed by atoms with E-state index in [-0.39, 0.29) is 5.60 Å². The van der Waals surface area contributed by atoms with Gasteiger partial charge in [-0.1, -0.05) is 84.1 Å². The lowest BCUT2D eigenvalue weighted by Gasteiger charge is -2.60. The molecular weight excluding hydrogens is 340 g/mol. The molecule has 2 aromatic rings.